The van der Waals surface area contributed by atoms with E-state index in [0.29, 0.717) is 0 Å². The standard InChI is InChI=1S/C10H13NOS2/c1-8-2-3-9(14-8)10(12)11-4-6-13-7-5-11/h2-3H,4-7H2,1H3. The Labute approximate surface area is 92.3 Å². The smallest absolute Gasteiger partial charge is 0.263 e. The summed E-state index contributed by atoms with van der Waals surface area (Å²) in [5, 5.41) is 0. The molecule has 1 aromatic rings. The van der Waals surface area contributed by atoms with Crippen molar-refractivity contribution in [2.24, 2.45) is 0 Å². The minimum Gasteiger partial charge on any atom is -0.336 e. The summed E-state index contributed by atoms with van der Waals surface area (Å²) in [7, 11) is 0. The molecule has 0 unspecified atom stereocenters. The maximum atomic E-state index is 11.9. The molecule has 14 heavy (non-hydrogen) atoms. The van der Waals surface area contributed by atoms with E-state index in [1.807, 2.05) is 35.7 Å². The lowest BCUT2D eigenvalue weighted by Crippen LogP contribution is -2.37. The van der Waals surface area contributed by atoms with Gasteiger partial charge in [-0.05, 0) is 19.1 Å². The van der Waals surface area contributed by atoms with E-state index in [1.54, 1.807) is 11.3 Å². The van der Waals surface area contributed by atoms with Crippen LogP contribution >= 0.6 is 23.1 Å². The Morgan fingerprint density at radius 3 is 2.64 bits per heavy atom. The largest absolute Gasteiger partial charge is 0.336 e. The van der Waals surface area contributed by atoms with E-state index in [2.05, 4.69) is 0 Å². The van der Waals surface area contributed by atoms with Crippen molar-refractivity contribution in [1.82, 2.24) is 4.90 Å². The number of hydrogen-bond acceptors (Lipinski definition) is 3. The molecule has 2 heterocycles. The Balaban J connectivity index is 2.07. The van der Waals surface area contributed by atoms with Gasteiger partial charge in [-0.25, -0.2) is 0 Å². The Morgan fingerprint density at radius 1 is 1.36 bits per heavy atom. The van der Waals surface area contributed by atoms with Crippen LogP contribution in [-0.4, -0.2) is 35.4 Å². The number of amides is 1. The zero-order chi connectivity index (χ0) is 9.97. The number of thioether (sulfide) groups is 1. The van der Waals surface area contributed by atoms with Gasteiger partial charge in [-0.15, -0.1) is 11.3 Å². The Morgan fingerprint density at radius 2 is 2.07 bits per heavy atom. The van der Waals surface area contributed by atoms with E-state index >= 15 is 0 Å². The first-order valence-corrected chi connectivity index (χ1v) is 6.68. The molecule has 4 heteroatoms. The fourth-order valence-corrected chi connectivity index (χ4v) is 3.21. The normalized spacial score (nSPS) is 17.1. The van der Waals surface area contributed by atoms with Gasteiger partial charge in [0.25, 0.3) is 5.91 Å². The first-order valence-electron chi connectivity index (χ1n) is 4.71. The Hall–Kier alpha value is -0.480. The lowest BCUT2D eigenvalue weighted by atomic mass is 10.3. The molecule has 0 atom stereocenters. The maximum absolute atomic E-state index is 11.9. The molecule has 2 nitrogen and oxygen atoms in total. The number of nitrogens with zero attached hydrogens (tertiary/aromatic N) is 1. The van der Waals surface area contributed by atoms with Crippen LogP contribution < -0.4 is 0 Å². The number of carbonyl (C=O) groups is 1. The number of aryl methyl sites for hydroxylation is 1. The van der Waals surface area contributed by atoms with Crippen LogP contribution in [-0.2, 0) is 0 Å². The summed E-state index contributed by atoms with van der Waals surface area (Å²) in [6, 6.07) is 3.95. The first-order chi connectivity index (χ1) is 6.77. The zero-order valence-corrected chi connectivity index (χ0v) is 9.79. The van der Waals surface area contributed by atoms with Gasteiger partial charge in [-0.2, -0.15) is 11.8 Å². The van der Waals surface area contributed by atoms with E-state index < -0.39 is 0 Å². The molecule has 1 fully saturated rings. The lowest BCUT2D eigenvalue weighted by molar-refractivity contribution is 0.0777. The van der Waals surface area contributed by atoms with Crippen molar-refractivity contribution < 1.29 is 4.79 Å². The van der Waals surface area contributed by atoms with Crippen LogP contribution in [0.3, 0.4) is 0 Å². The van der Waals surface area contributed by atoms with Crippen LogP contribution in [0.2, 0.25) is 0 Å². The monoisotopic (exact) mass is 227 g/mol. The summed E-state index contributed by atoms with van der Waals surface area (Å²) < 4.78 is 0. The second-order valence-corrected chi connectivity index (χ2v) is 5.83. The van der Waals surface area contributed by atoms with Crippen molar-refractivity contribution in [2.45, 2.75) is 6.92 Å². The molecule has 1 amide bonds. The molecule has 0 aliphatic carbocycles. The van der Waals surface area contributed by atoms with Gasteiger partial charge >= 0.3 is 0 Å². The summed E-state index contributed by atoms with van der Waals surface area (Å²) in [6.07, 6.45) is 0. The fourth-order valence-electron chi connectivity index (χ4n) is 1.47. The molecule has 0 N–H and O–H groups in total. The highest BCUT2D eigenvalue weighted by Crippen LogP contribution is 2.19. The summed E-state index contributed by atoms with van der Waals surface area (Å²) >= 11 is 3.52. The van der Waals surface area contributed by atoms with Crippen molar-refractivity contribution in [3.8, 4) is 0 Å². The molecule has 0 aromatic carbocycles. The maximum Gasteiger partial charge on any atom is 0.263 e. The van der Waals surface area contributed by atoms with Gasteiger partial charge in [0.1, 0.15) is 0 Å². The van der Waals surface area contributed by atoms with Crippen LogP contribution in [0.5, 0.6) is 0 Å². The van der Waals surface area contributed by atoms with Crippen molar-refractivity contribution in [1.29, 1.82) is 0 Å². The Bertz CT molecular complexity index is 329. The summed E-state index contributed by atoms with van der Waals surface area (Å²) in [4.78, 5) is 16.0. The lowest BCUT2D eigenvalue weighted by Gasteiger charge is -2.25. The van der Waals surface area contributed by atoms with Gasteiger partial charge in [-0.1, -0.05) is 0 Å². The van der Waals surface area contributed by atoms with Crippen LogP contribution in [0.15, 0.2) is 12.1 Å². The number of hydrogen-bond donors (Lipinski definition) is 0. The molecule has 0 spiro atoms. The molecular formula is C10H13NOS2. The van der Waals surface area contributed by atoms with Gasteiger partial charge in [0.05, 0.1) is 4.88 Å². The average Bonchev–Trinajstić information content (AvgIpc) is 2.65. The third-order valence-corrected chi connectivity index (χ3v) is 4.18. The van der Waals surface area contributed by atoms with Gasteiger partial charge < -0.3 is 4.90 Å². The van der Waals surface area contributed by atoms with E-state index in [1.165, 1.54) is 4.88 Å². The molecule has 1 saturated heterocycles. The van der Waals surface area contributed by atoms with Crippen LogP contribution in [0.1, 0.15) is 14.5 Å². The molecule has 1 aromatic heterocycles. The summed E-state index contributed by atoms with van der Waals surface area (Å²) in [5.41, 5.74) is 0. The van der Waals surface area contributed by atoms with E-state index in [0.717, 1.165) is 29.5 Å². The second-order valence-electron chi connectivity index (χ2n) is 3.31. The van der Waals surface area contributed by atoms with Crippen molar-refractivity contribution in [3.05, 3.63) is 21.9 Å². The number of carbonyl (C=O) groups excluding carboxylic acids is 1. The quantitative estimate of drug-likeness (QED) is 0.733. The SMILES string of the molecule is Cc1ccc(C(=O)N2CCSCC2)s1. The molecule has 0 bridgehead atoms. The van der Waals surface area contributed by atoms with Crippen LogP contribution in [0, 0.1) is 6.92 Å². The fraction of sp³-hybridized carbons (Fsp3) is 0.500. The predicted molar refractivity (Wildman–Crippen MR) is 62.3 cm³/mol. The molecular weight excluding hydrogens is 214 g/mol. The van der Waals surface area contributed by atoms with Crippen molar-refractivity contribution in [2.75, 3.05) is 24.6 Å². The molecule has 1 aliphatic heterocycles. The van der Waals surface area contributed by atoms with E-state index in [9.17, 15) is 4.79 Å². The molecule has 2 rings (SSSR count). The number of rotatable bonds is 1. The van der Waals surface area contributed by atoms with Crippen molar-refractivity contribution >= 4 is 29.0 Å². The minimum atomic E-state index is 0.211. The van der Waals surface area contributed by atoms with Gasteiger partial charge in [0.15, 0.2) is 0 Å². The summed E-state index contributed by atoms with van der Waals surface area (Å²) in [6.45, 7) is 3.84. The van der Waals surface area contributed by atoms with Crippen LogP contribution in [0.4, 0.5) is 0 Å². The van der Waals surface area contributed by atoms with Gasteiger partial charge in [0, 0.05) is 29.5 Å². The average molecular weight is 227 g/mol. The third kappa shape index (κ3) is 2.12. The van der Waals surface area contributed by atoms with E-state index in [4.69, 9.17) is 0 Å². The predicted octanol–water partition coefficient (Wildman–Crippen LogP) is 2.25. The third-order valence-electron chi connectivity index (χ3n) is 2.25. The Kier molecular flexibility index (Phi) is 3.13. The minimum absolute atomic E-state index is 0.211. The molecule has 0 saturated carbocycles. The highest BCUT2D eigenvalue weighted by molar-refractivity contribution is 7.99. The topological polar surface area (TPSA) is 20.3 Å². The molecule has 76 valence electrons. The van der Waals surface area contributed by atoms with Crippen LogP contribution in [0.25, 0.3) is 0 Å². The van der Waals surface area contributed by atoms with E-state index in [-0.39, 0.29) is 5.91 Å². The molecule has 1 aliphatic rings. The molecule has 0 radical (unpaired) electrons. The zero-order valence-electron chi connectivity index (χ0n) is 8.16. The first kappa shape index (κ1) is 10.1. The van der Waals surface area contributed by atoms with Gasteiger partial charge in [0.2, 0.25) is 0 Å². The summed E-state index contributed by atoms with van der Waals surface area (Å²) in [5.74, 6) is 2.37. The van der Waals surface area contributed by atoms with Crippen molar-refractivity contribution in [3.63, 3.8) is 0 Å². The highest BCUT2D eigenvalue weighted by atomic mass is 32.2. The second kappa shape index (κ2) is 4.36. The number of thiophene rings is 1. The van der Waals surface area contributed by atoms with Gasteiger partial charge in [-0.3, -0.25) is 4.79 Å². The highest BCUT2D eigenvalue weighted by Gasteiger charge is 2.19.